The zero-order valence-corrected chi connectivity index (χ0v) is 19.2. The SMILES string of the molecule is O=C(Nc1cc(Cl)ccc1Cl)/C(=C/c1cccc([N+](=O)[O-])c1)NC(=O)c1ccccc1Br. The van der Waals surface area contributed by atoms with Gasteiger partial charge in [-0.25, -0.2) is 0 Å². The van der Waals surface area contributed by atoms with Crippen molar-refractivity contribution in [2.75, 3.05) is 5.32 Å². The summed E-state index contributed by atoms with van der Waals surface area (Å²) in [6.45, 7) is 0. The normalized spacial score (nSPS) is 11.0. The van der Waals surface area contributed by atoms with Crippen LogP contribution in [0.4, 0.5) is 11.4 Å². The van der Waals surface area contributed by atoms with Gasteiger partial charge < -0.3 is 10.6 Å². The van der Waals surface area contributed by atoms with E-state index in [9.17, 15) is 19.7 Å². The van der Waals surface area contributed by atoms with Gasteiger partial charge in [-0.05, 0) is 57.9 Å². The second kappa shape index (κ2) is 10.4. The van der Waals surface area contributed by atoms with Crippen LogP contribution in [0.3, 0.4) is 0 Å². The third-order valence-electron chi connectivity index (χ3n) is 4.18. The molecule has 0 aromatic heterocycles. The summed E-state index contributed by atoms with van der Waals surface area (Å²) in [4.78, 5) is 36.3. The summed E-state index contributed by atoms with van der Waals surface area (Å²) >= 11 is 15.4. The molecule has 32 heavy (non-hydrogen) atoms. The zero-order valence-electron chi connectivity index (χ0n) is 16.1. The molecular weight excluding hydrogens is 521 g/mol. The monoisotopic (exact) mass is 533 g/mol. The topological polar surface area (TPSA) is 101 Å². The van der Waals surface area contributed by atoms with Crippen LogP contribution in [0.25, 0.3) is 6.08 Å². The Labute approximate surface area is 201 Å². The third-order valence-corrected chi connectivity index (χ3v) is 5.44. The van der Waals surface area contributed by atoms with Gasteiger partial charge in [0.25, 0.3) is 17.5 Å². The molecular formula is C22H14BrCl2N3O4. The Morgan fingerprint density at radius 3 is 2.47 bits per heavy atom. The predicted octanol–water partition coefficient (Wildman–Crippen LogP) is 6.07. The van der Waals surface area contributed by atoms with Crippen molar-refractivity contribution in [3.63, 3.8) is 0 Å². The lowest BCUT2D eigenvalue weighted by molar-refractivity contribution is -0.384. The maximum absolute atomic E-state index is 13.0. The van der Waals surface area contributed by atoms with Crippen LogP contribution in [0, 0.1) is 10.1 Å². The predicted molar refractivity (Wildman–Crippen MR) is 128 cm³/mol. The molecule has 3 aromatic carbocycles. The molecule has 0 radical (unpaired) electrons. The van der Waals surface area contributed by atoms with Crippen molar-refractivity contribution < 1.29 is 14.5 Å². The third kappa shape index (κ3) is 5.94. The Bertz CT molecular complexity index is 1250. The highest BCUT2D eigenvalue weighted by Crippen LogP contribution is 2.26. The highest BCUT2D eigenvalue weighted by atomic mass is 79.9. The van der Waals surface area contributed by atoms with E-state index >= 15 is 0 Å². The van der Waals surface area contributed by atoms with Crippen molar-refractivity contribution in [3.05, 3.63) is 108 Å². The Balaban J connectivity index is 1.98. The molecule has 0 aliphatic rings. The van der Waals surface area contributed by atoms with Gasteiger partial charge in [-0.1, -0.05) is 47.5 Å². The summed E-state index contributed by atoms with van der Waals surface area (Å²) in [5.41, 5.74) is 0.570. The van der Waals surface area contributed by atoms with Gasteiger partial charge in [0.15, 0.2) is 0 Å². The van der Waals surface area contributed by atoms with Crippen LogP contribution in [0.1, 0.15) is 15.9 Å². The summed E-state index contributed by atoms with van der Waals surface area (Å²) in [6, 6.07) is 16.9. The van der Waals surface area contributed by atoms with Crippen molar-refractivity contribution >= 4 is 68.4 Å². The van der Waals surface area contributed by atoms with Gasteiger partial charge >= 0.3 is 0 Å². The lowest BCUT2D eigenvalue weighted by atomic mass is 10.1. The maximum Gasteiger partial charge on any atom is 0.272 e. The van der Waals surface area contributed by atoms with E-state index in [0.29, 0.717) is 20.6 Å². The molecule has 3 rings (SSSR count). The van der Waals surface area contributed by atoms with E-state index < -0.39 is 16.7 Å². The zero-order chi connectivity index (χ0) is 23.3. The molecule has 0 aliphatic carbocycles. The summed E-state index contributed by atoms with van der Waals surface area (Å²) in [5.74, 6) is -1.25. The molecule has 2 N–H and O–H groups in total. The van der Waals surface area contributed by atoms with Crippen molar-refractivity contribution in [2.45, 2.75) is 0 Å². The van der Waals surface area contributed by atoms with Crippen LogP contribution in [0.15, 0.2) is 76.9 Å². The van der Waals surface area contributed by atoms with Gasteiger partial charge in [-0.3, -0.25) is 19.7 Å². The molecule has 0 fully saturated rings. The first-order chi connectivity index (χ1) is 15.2. The van der Waals surface area contributed by atoms with Gasteiger partial charge in [0.2, 0.25) is 0 Å². The van der Waals surface area contributed by atoms with E-state index in [-0.39, 0.29) is 22.1 Å². The number of nitrogens with one attached hydrogen (secondary N) is 2. The highest BCUT2D eigenvalue weighted by molar-refractivity contribution is 9.10. The Morgan fingerprint density at radius 1 is 1.00 bits per heavy atom. The fraction of sp³-hybridized carbons (Fsp3) is 0. The van der Waals surface area contributed by atoms with E-state index in [2.05, 4.69) is 26.6 Å². The van der Waals surface area contributed by atoms with Crippen LogP contribution in [-0.4, -0.2) is 16.7 Å². The number of anilines is 1. The molecule has 0 heterocycles. The smallest absolute Gasteiger partial charge is 0.272 e. The molecule has 0 spiro atoms. The minimum Gasteiger partial charge on any atom is -0.319 e. The van der Waals surface area contributed by atoms with Crippen molar-refractivity contribution in [1.29, 1.82) is 0 Å². The Morgan fingerprint density at radius 2 is 1.75 bits per heavy atom. The summed E-state index contributed by atoms with van der Waals surface area (Å²) < 4.78 is 0.533. The maximum atomic E-state index is 13.0. The Kier molecular flexibility index (Phi) is 7.63. The summed E-state index contributed by atoms with van der Waals surface area (Å²) in [6.07, 6.45) is 1.33. The fourth-order valence-corrected chi connectivity index (χ4v) is 3.47. The van der Waals surface area contributed by atoms with Gasteiger partial charge in [0.1, 0.15) is 5.70 Å². The van der Waals surface area contributed by atoms with Gasteiger partial charge in [0, 0.05) is 21.6 Å². The molecule has 0 aliphatic heterocycles. The van der Waals surface area contributed by atoms with E-state index in [0.717, 1.165) is 0 Å². The van der Waals surface area contributed by atoms with Crippen LogP contribution in [0.5, 0.6) is 0 Å². The minimum atomic E-state index is -0.693. The molecule has 0 atom stereocenters. The van der Waals surface area contributed by atoms with Gasteiger partial charge in [-0.2, -0.15) is 0 Å². The fourth-order valence-electron chi connectivity index (χ4n) is 2.67. The van der Waals surface area contributed by atoms with E-state index in [1.54, 1.807) is 36.4 Å². The molecule has 3 aromatic rings. The van der Waals surface area contributed by atoms with Crippen molar-refractivity contribution in [2.24, 2.45) is 0 Å². The standard InChI is InChI=1S/C22H14BrCl2N3O4/c23-17-7-2-1-6-16(17)21(29)27-20(11-13-4-3-5-15(10-13)28(31)32)22(30)26-19-12-14(24)8-9-18(19)25/h1-12H,(H,26,30)(H,27,29)/b20-11-. The van der Waals surface area contributed by atoms with E-state index in [1.165, 1.54) is 36.4 Å². The largest absolute Gasteiger partial charge is 0.319 e. The summed E-state index contributed by atoms with van der Waals surface area (Å²) in [5, 5.41) is 16.8. The number of carbonyl (C=O) groups is 2. The number of rotatable bonds is 6. The number of halogens is 3. The van der Waals surface area contributed by atoms with Crippen LogP contribution >= 0.6 is 39.1 Å². The van der Waals surface area contributed by atoms with Gasteiger partial charge in [0.05, 0.1) is 21.2 Å². The number of hydrogen-bond acceptors (Lipinski definition) is 4. The number of nitrogens with zero attached hydrogens (tertiary/aromatic N) is 1. The minimum absolute atomic E-state index is 0.151. The molecule has 0 bridgehead atoms. The second-order valence-electron chi connectivity index (χ2n) is 6.42. The van der Waals surface area contributed by atoms with Crippen LogP contribution < -0.4 is 10.6 Å². The number of nitro groups is 1. The van der Waals surface area contributed by atoms with Crippen LogP contribution in [-0.2, 0) is 4.79 Å². The van der Waals surface area contributed by atoms with Crippen LogP contribution in [0.2, 0.25) is 10.0 Å². The molecule has 162 valence electrons. The average Bonchev–Trinajstić information content (AvgIpc) is 2.76. The van der Waals surface area contributed by atoms with Crippen molar-refractivity contribution in [3.8, 4) is 0 Å². The van der Waals surface area contributed by atoms with Gasteiger partial charge in [-0.15, -0.1) is 0 Å². The quantitative estimate of drug-likeness (QED) is 0.227. The molecule has 0 unspecified atom stereocenters. The lowest BCUT2D eigenvalue weighted by Gasteiger charge is -2.13. The molecule has 7 nitrogen and oxygen atoms in total. The lowest BCUT2D eigenvalue weighted by Crippen LogP contribution is -2.31. The molecule has 0 saturated carbocycles. The average molecular weight is 535 g/mol. The number of benzene rings is 3. The molecule has 10 heteroatoms. The Hall–Kier alpha value is -3.20. The number of amides is 2. The number of non-ortho nitro benzene ring substituents is 1. The van der Waals surface area contributed by atoms with E-state index in [4.69, 9.17) is 23.2 Å². The number of hydrogen-bond donors (Lipinski definition) is 2. The first-order valence-corrected chi connectivity index (χ1v) is 10.6. The molecule has 0 saturated heterocycles. The first-order valence-electron chi connectivity index (χ1n) is 9.03. The number of nitro benzene ring substituents is 1. The van der Waals surface area contributed by atoms with E-state index in [1.807, 2.05) is 0 Å². The second-order valence-corrected chi connectivity index (χ2v) is 8.12. The van der Waals surface area contributed by atoms with Crippen molar-refractivity contribution in [1.82, 2.24) is 5.32 Å². The first kappa shape index (κ1) is 23.5. The highest BCUT2D eigenvalue weighted by Gasteiger charge is 2.18. The number of carbonyl (C=O) groups excluding carboxylic acids is 2. The molecule has 2 amide bonds. The summed E-state index contributed by atoms with van der Waals surface area (Å²) in [7, 11) is 0.